The van der Waals surface area contributed by atoms with Crippen molar-refractivity contribution in [2.45, 2.75) is 6.04 Å². The third-order valence-electron chi connectivity index (χ3n) is 6.37. The molecule has 0 radical (unpaired) electrons. The minimum atomic E-state index is 0. The predicted molar refractivity (Wildman–Crippen MR) is 118 cm³/mol. The molecule has 5 rings (SSSR count). The van der Waals surface area contributed by atoms with Gasteiger partial charge in [0.1, 0.15) is 12.1 Å². The number of methoxy groups -OCH3 is 1. The second-order valence-corrected chi connectivity index (χ2v) is 8.09. The van der Waals surface area contributed by atoms with E-state index in [1.807, 2.05) is 41.3 Å². The van der Waals surface area contributed by atoms with Crippen molar-refractivity contribution in [3.05, 3.63) is 66.0 Å². The number of hydrogen-bond donors (Lipinski definition) is 0. The van der Waals surface area contributed by atoms with E-state index in [9.17, 15) is 4.79 Å². The van der Waals surface area contributed by atoms with Crippen molar-refractivity contribution in [1.29, 1.82) is 0 Å². The molecule has 0 spiro atoms. The highest BCUT2D eigenvalue weighted by Crippen LogP contribution is 2.44. The molecule has 0 N–H and O–H groups in total. The molecule has 3 aromatic rings. The lowest BCUT2D eigenvalue weighted by Crippen LogP contribution is -2.33. The lowest BCUT2D eigenvalue weighted by molar-refractivity contribution is 0.0768. The number of hydrogen-bond acceptors (Lipinski definition) is 6. The van der Waals surface area contributed by atoms with Gasteiger partial charge in [-0.15, -0.1) is 17.5 Å². The maximum absolute atomic E-state index is 13.1. The maximum atomic E-state index is 13.1. The first-order valence-corrected chi connectivity index (χ1v) is 10.1. The van der Waals surface area contributed by atoms with Gasteiger partial charge in [-0.05, 0) is 65.4 Å². The van der Waals surface area contributed by atoms with Crippen LogP contribution in [0, 0.1) is 11.8 Å². The minimum absolute atomic E-state index is 0. The summed E-state index contributed by atoms with van der Waals surface area (Å²) in [6, 6.07) is 16.1. The van der Waals surface area contributed by atoms with Crippen LogP contribution in [0.15, 0.2) is 54.9 Å². The Labute approximate surface area is 187 Å². The van der Waals surface area contributed by atoms with Gasteiger partial charge in [0.05, 0.1) is 12.8 Å². The van der Waals surface area contributed by atoms with Crippen molar-refractivity contribution in [3.8, 4) is 11.4 Å². The van der Waals surface area contributed by atoms with Crippen molar-refractivity contribution < 1.29 is 9.53 Å². The zero-order valence-electron chi connectivity index (χ0n) is 17.5. The van der Waals surface area contributed by atoms with Crippen LogP contribution in [-0.2, 0) is 0 Å². The van der Waals surface area contributed by atoms with E-state index in [1.165, 1.54) is 11.9 Å². The van der Waals surface area contributed by atoms with E-state index in [4.69, 9.17) is 4.74 Å². The quantitative estimate of drug-likeness (QED) is 0.620. The summed E-state index contributed by atoms with van der Waals surface area (Å²) in [6.45, 7) is 2.58. The Morgan fingerprint density at radius 3 is 2.42 bits per heavy atom. The zero-order valence-corrected chi connectivity index (χ0v) is 18.3. The third kappa shape index (κ3) is 3.88. The molecule has 2 aromatic carbocycles. The first-order chi connectivity index (χ1) is 14.6. The fourth-order valence-electron chi connectivity index (χ4n) is 4.95. The molecular formula is C22H25ClN6O2. The molecule has 0 aliphatic carbocycles. The molecule has 162 valence electrons. The number of carbonyl (C=O) groups excluding carboxylic acids is 1. The highest BCUT2D eigenvalue weighted by Gasteiger charge is 2.47. The average Bonchev–Trinajstić information content (AvgIpc) is 3.50. The molecule has 1 amide bonds. The van der Waals surface area contributed by atoms with Crippen LogP contribution in [0.3, 0.4) is 0 Å². The standard InChI is InChI=1S/C22H24N6O2.ClH/c1-26-11-17-12-27(13-20(17)21(26)15-5-9-19(30-2)10-6-15)22(29)16-3-7-18(8-4-16)28-14-23-24-25-28;/h3-10,14,17,20-21H,11-13H2,1-2H3;1H/t17-,20+,21-;/m0./s1. The van der Waals surface area contributed by atoms with Gasteiger partial charge in [0.25, 0.3) is 5.91 Å². The minimum Gasteiger partial charge on any atom is -0.497 e. The molecule has 0 bridgehead atoms. The number of likely N-dealkylation sites (tertiary alicyclic amines) is 2. The van der Waals surface area contributed by atoms with E-state index < -0.39 is 0 Å². The SMILES string of the molecule is COc1ccc([C@H]2[C@@H]3CN(C(=O)c4ccc(-n5cnnn5)cc4)C[C@@H]3CN2C)cc1.Cl. The number of tetrazole rings is 1. The van der Waals surface area contributed by atoms with Crippen LogP contribution in [-0.4, -0.2) is 69.7 Å². The van der Waals surface area contributed by atoms with Crippen molar-refractivity contribution in [1.82, 2.24) is 30.0 Å². The van der Waals surface area contributed by atoms with Crippen molar-refractivity contribution in [2.24, 2.45) is 11.8 Å². The van der Waals surface area contributed by atoms with Crippen molar-refractivity contribution in [2.75, 3.05) is 33.8 Å². The predicted octanol–water partition coefficient (Wildman–Crippen LogP) is 2.47. The molecule has 0 unspecified atom stereocenters. The lowest BCUT2D eigenvalue weighted by Gasteiger charge is -2.27. The molecule has 2 aliphatic rings. The molecule has 3 atom stereocenters. The van der Waals surface area contributed by atoms with Gasteiger partial charge in [0.2, 0.25) is 0 Å². The smallest absolute Gasteiger partial charge is 0.253 e. The van der Waals surface area contributed by atoms with Gasteiger partial charge in [-0.1, -0.05) is 12.1 Å². The summed E-state index contributed by atoms with van der Waals surface area (Å²) >= 11 is 0. The first-order valence-electron chi connectivity index (χ1n) is 10.1. The van der Waals surface area contributed by atoms with E-state index in [2.05, 4.69) is 39.6 Å². The van der Waals surface area contributed by atoms with E-state index in [0.29, 0.717) is 23.4 Å². The Morgan fingerprint density at radius 1 is 1.03 bits per heavy atom. The van der Waals surface area contributed by atoms with E-state index in [0.717, 1.165) is 31.1 Å². The number of ether oxygens (including phenoxy) is 1. The van der Waals surface area contributed by atoms with Gasteiger partial charge < -0.3 is 9.64 Å². The van der Waals surface area contributed by atoms with Crippen LogP contribution in [0.25, 0.3) is 5.69 Å². The number of halogens is 1. The van der Waals surface area contributed by atoms with Gasteiger partial charge >= 0.3 is 0 Å². The highest BCUT2D eigenvalue weighted by atomic mass is 35.5. The molecule has 2 aliphatic heterocycles. The fourth-order valence-corrected chi connectivity index (χ4v) is 4.95. The summed E-state index contributed by atoms with van der Waals surface area (Å²) in [5, 5.41) is 11.2. The average molecular weight is 441 g/mol. The molecule has 0 saturated carbocycles. The summed E-state index contributed by atoms with van der Waals surface area (Å²) in [5.41, 5.74) is 2.81. The van der Waals surface area contributed by atoms with Crippen molar-refractivity contribution >= 4 is 18.3 Å². The second kappa shape index (κ2) is 8.64. The van der Waals surface area contributed by atoms with Crippen LogP contribution < -0.4 is 4.74 Å². The van der Waals surface area contributed by atoms with Crippen LogP contribution in [0.5, 0.6) is 5.75 Å². The molecule has 8 nitrogen and oxygen atoms in total. The Balaban J connectivity index is 0.00000231. The van der Waals surface area contributed by atoms with Crippen LogP contribution in [0.4, 0.5) is 0 Å². The Hall–Kier alpha value is -2.97. The number of carbonyl (C=O) groups is 1. The normalized spacial score (nSPS) is 22.8. The monoisotopic (exact) mass is 440 g/mol. The second-order valence-electron chi connectivity index (χ2n) is 8.09. The van der Waals surface area contributed by atoms with E-state index in [1.54, 1.807) is 11.8 Å². The summed E-state index contributed by atoms with van der Waals surface area (Å²) in [5.74, 6) is 1.88. The summed E-state index contributed by atoms with van der Waals surface area (Å²) in [4.78, 5) is 17.6. The van der Waals surface area contributed by atoms with Crippen LogP contribution in [0.2, 0.25) is 0 Å². The van der Waals surface area contributed by atoms with Gasteiger partial charge in [-0.3, -0.25) is 9.69 Å². The highest BCUT2D eigenvalue weighted by molar-refractivity contribution is 5.94. The Bertz CT molecular complexity index is 1030. The number of nitrogens with zero attached hydrogens (tertiary/aromatic N) is 6. The van der Waals surface area contributed by atoms with Crippen LogP contribution >= 0.6 is 12.4 Å². The largest absolute Gasteiger partial charge is 0.497 e. The van der Waals surface area contributed by atoms with Gasteiger partial charge in [0.15, 0.2) is 0 Å². The Kier molecular flexibility index (Phi) is 5.93. The first kappa shape index (κ1) is 21.3. The molecule has 2 saturated heterocycles. The number of benzene rings is 2. The molecule has 9 heteroatoms. The lowest BCUT2D eigenvalue weighted by atomic mass is 9.89. The summed E-state index contributed by atoms with van der Waals surface area (Å²) in [6.07, 6.45) is 1.54. The topological polar surface area (TPSA) is 76.4 Å². The van der Waals surface area contributed by atoms with Gasteiger partial charge in [-0.2, -0.15) is 0 Å². The number of amides is 1. The van der Waals surface area contributed by atoms with Crippen LogP contribution in [0.1, 0.15) is 22.0 Å². The van der Waals surface area contributed by atoms with Crippen molar-refractivity contribution in [3.63, 3.8) is 0 Å². The Morgan fingerprint density at radius 2 is 1.77 bits per heavy atom. The summed E-state index contributed by atoms with van der Waals surface area (Å²) < 4.78 is 6.87. The fraction of sp³-hybridized carbons (Fsp3) is 0.364. The number of fused-ring (bicyclic) bond motifs is 1. The summed E-state index contributed by atoms with van der Waals surface area (Å²) in [7, 11) is 3.86. The molecule has 1 aromatic heterocycles. The maximum Gasteiger partial charge on any atom is 0.253 e. The third-order valence-corrected chi connectivity index (χ3v) is 6.37. The molecular weight excluding hydrogens is 416 g/mol. The number of aromatic nitrogens is 4. The zero-order chi connectivity index (χ0) is 20.7. The van der Waals surface area contributed by atoms with Gasteiger partial charge in [0, 0.05) is 37.2 Å². The molecule has 3 heterocycles. The molecule has 31 heavy (non-hydrogen) atoms. The van der Waals surface area contributed by atoms with E-state index >= 15 is 0 Å². The molecule has 2 fully saturated rings. The van der Waals surface area contributed by atoms with E-state index in [-0.39, 0.29) is 18.3 Å². The van der Waals surface area contributed by atoms with Gasteiger partial charge in [-0.25, -0.2) is 4.68 Å². The number of rotatable bonds is 4.